The molecule has 2 rings (SSSR count). The molecule has 0 spiro atoms. The Morgan fingerprint density at radius 1 is 1.44 bits per heavy atom. The van der Waals surface area contributed by atoms with E-state index in [1.54, 1.807) is 0 Å². The number of imidazole rings is 1. The first-order chi connectivity index (χ1) is 7.41. The third-order valence-electron chi connectivity index (χ3n) is 3.26. The third kappa shape index (κ3) is 1.87. The van der Waals surface area contributed by atoms with Gasteiger partial charge in [-0.05, 0) is 27.7 Å². The van der Waals surface area contributed by atoms with Gasteiger partial charge in [0.05, 0.1) is 11.6 Å². The highest BCUT2D eigenvalue weighted by atomic mass is 16.3. The Hall–Kier alpha value is -0.870. The van der Waals surface area contributed by atoms with Crippen molar-refractivity contribution >= 4 is 0 Å². The summed E-state index contributed by atoms with van der Waals surface area (Å²) in [7, 11) is 0. The predicted octanol–water partition coefficient (Wildman–Crippen LogP) is 1.42. The van der Waals surface area contributed by atoms with Crippen LogP contribution in [0.5, 0.6) is 0 Å². The van der Waals surface area contributed by atoms with E-state index in [-0.39, 0.29) is 6.04 Å². The zero-order valence-corrected chi connectivity index (χ0v) is 10.5. The Morgan fingerprint density at radius 2 is 2.12 bits per heavy atom. The molecule has 0 aromatic carbocycles. The number of hydrogen-bond donors (Lipinski definition) is 1. The van der Waals surface area contributed by atoms with E-state index < -0.39 is 5.60 Å². The molecule has 1 aromatic heterocycles. The number of rotatable bonds is 2. The smallest absolute Gasteiger partial charge is 0.129 e. The lowest BCUT2D eigenvalue weighted by molar-refractivity contribution is -0.0491. The number of hydrogen-bond acceptors (Lipinski definition) is 3. The summed E-state index contributed by atoms with van der Waals surface area (Å²) in [6.07, 6.45) is 3.81. The molecule has 1 aliphatic heterocycles. The largest absolute Gasteiger partial charge is 0.388 e. The first-order valence-electron chi connectivity index (χ1n) is 5.90. The van der Waals surface area contributed by atoms with Crippen molar-refractivity contribution in [2.45, 2.75) is 51.9 Å². The Balaban J connectivity index is 2.41. The monoisotopic (exact) mass is 223 g/mol. The zero-order valence-electron chi connectivity index (χ0n) is 10.5. The highest BCUT2D eigenvalue weighted by Gasteiger charge is 2.40. The van der Waals surface area contributed by atoms with Gasteiger partial charge in [-0.2, -0.15) is 0 Å². The van der Waals surface area contributed by atoms with Gasteiger partial charge in [0, 0.05) is 31.5 Å². The molecule has 1 aromatic rings. The topological polar surface area (TPSA) is 41.3 Å². The van der Waals surface area contributed by atoms with Crippen LogP contribution in [0.1, 0.15) is 39.6 Å². The SMILES string of the molecule is CC(C)N1CCn2ccnc2C1C(C)(C)O. The summed E-state index contributed by atoms with van der Waals surface area (Å²) in [6.45, 7) is 9.97. The average Bonchev–Trinajstić information content (AvgIpc) is 2.61. The van der Waals surface area contributed by atoms with Crippen LogP contribution in [0.4, 0.5) is 0 Å². The molecule has 90 valence electrons. The molecule has 1 N–H and O–H groups in total. The van der Waals surface area contributed by atoms with Gasteiger partial charge in [0.15, 0.2) is 0 Å². The van der Waals surface area contributed by atoms with Crippen LogP contribution < -0.4 is 0 Å². The Labute approximate surface area is 96.9 Å². The third-order valence-corrected chi connectivity index (χ3v) is 3.26. The van der Waals surface area contributed by atoms with Gasteiger partial charge in [-0.15, -0.1) is 0 Å². The van der Waals surface area contributed by atoms with Crippen LogP contribution in [-0.2, 0) is 6.54 Å². The van der Waals surface area contributed by atoms with E-state index in [9.17, 15) is 5.11 Å². The number of aliphatic hydroxyl groups is 1. The fraction of sp³-hybridized carbons (Fsp3) is 0.750. The van der Waals surface area contributed by atoms with E-state index in [4.69, 9.17) is 0 Å². The normalized spacial score (nSPS) is 22.5. The van der Waals surface area contributed by atoms with Gasteiger partial charge in [0.2, 0.25) is 0 Å². The molecule has 0 saturated carbocycles. The molecule has 16 heavy (non-hydrogen) atoms. The van der Waals surface area contributed by atoms with Crippen LogP contribution in [0.25, 0.3) is 0 Å². The van der Waals surface area contributed by atoms with Crippen LogP contribution in [0.2, 0.25) is 0 Å². The summed E-state index contributed by atoms with van der Waals surface area (Å²) in [6, 6.07) is 0.401. The lowest BCUT2D eigenvalue weighted by atomic mass is 9.94. The van der Waals surface area contributed by atoms with Crippen LogP contribution >= 0.6 is 0 Å². The molecule has 0 saturated heterocycles. The maximum Gasteiger partial charge on any atom is 0.129 e. The van der Waals surface area contributed by atoms with Crippen molar-refractivity contribution in [2.24, 2.45) is 0 Å². The minimum atomic E-state index is -0.770. The van der Waals surface area contributed by atoms with Crippen molar-refractivity contribution in [3.05, 3.63) is 18.2 Å². The van der Waals surface area contributed by atoms with Gasteiger partial charge in [0.25, 0.3) is 0 Å². The maximum atomic E-state index is 10.3. The lowest BCUT2D eigenvalue weighted by Crippen LogP contribution is -2.50. The molecule has 0 radical (unpaired) electrons. The Morgan fingerprint density at radius 3 is 2.69 bits per heavy atom. The van der Waals surface area contributed by atoms with Crippen molar-refractivity contribution in [3.8, 4) is 0 Å². The van der Waals surface area contributed by atoms with Crippen molar-refractivity contribution in [2.75, 3.05) is 6.54 Å². The molecule has 0 amide bonds. The van der Waals surface area contributed by atoms with Crippen molar-refractivity contribution in [3.63, 3.8) is 0 Å². The summed E-state index contributed by atoms with van der Waals surface area (Å²) in [5.41, 5.74) is -0.770. The highest BCUT2D eigenvalue weighted by molar-refractivity contribution is 5.09. The molecule has 1 atom stereocenters. The first kappa shape index (κ1) is 11.6. The van der Waals surface area contributed by atoms with Crippen LogP contribution in [0.3, 0.4) is 0 Å². The second kappa shape index (κ2) is 3.86. The summed E-state index contributed by atoms with van der Waals surface area (Å²) in [5.74, 6) is 0.979. The molecular weight excluding hydrogens is 202 g/mol. The summed E-state index contributed by atoms with van der Waals surface area (Å²) in [5, 5.41) is 10.3. The Bertz CT molecular complexity index is 365. The van der Waals surface area contributed by atoms with E-state index in [0.29, 0.717) is 6.04 Å². The summed E-state index contributed by atoms with van der Waals surface area (Å²) < 4.78 is 2.14. The summed E-state index contributed by atoms with van der Waals surface area (Å²) >= 11 is 0. The van der Waals surface area contributed by atoms with Gasteiger partial charge in [-0.25, -0.2) is 4.98 Å². The fourth-order valence-electron chi connectivity index (χ4n) is 2.54. The minimum absolute atomic E-state index is 0.0174. The number of fused-ring (bicyclic) bond motifs is 1. The molecule has 2 heterocycles. The second-order valence-corrected chi connectivity index (χ2v) is 5.37. The molecule has 0 bridgehead atoms. The van der Waals surface area contributed by atoms with Crippen LogP contribution in [-0.4, -0.2) is 37.7 Å². The van der Waals surface area contributed by atoms with Gasteiger partial charge >= 0.3 is 0 Å². The van der Waals surface area contributed by atoms with Gasteiger partial charge in [-0.3, -0.25) is 4.90 Å². The van der Waals surface area contributed by atoms with Crippen LogP contribution in [0, 0.1) is 0 Å². The standard InChI is InChI=1S/C12H21N3O/c1-9(2)15-8-7-14-6-5-13-11(14)10(15)12(3,4)16/h5-6,9-10,16H,7-8H2,1-4H3. The fourth-order valence-corrected chi connectivity index (χ4v) is 2.54. The molecule has 0 fully saturated rings. The Kier molecular flexibility index (Phi) is 2.80. The van der Waals surface area contributed by atoms with Gasteiger partial charge in [-0.1, -0.05) is 0 Å². The van der Waals surface area contributed by atoms with E-state index in [2.05, 4.69) is 28.3 Å². The van der Waals surface area contributed by atoms with Crippen molar-refractivity contribution in [1.82, 2.24) is 14.5 Å². The zero-order chi connectivity index (χ0) is 11.9. The summed E-state index contributed by atoms with van der Waals surface area (Å²) in [4.78, 5) is 6.72. The first-order valence-corrected chi connectivity index (χ1v) is 5.90. The quantitative estimate of drug-likeness (QED) is 0.824. The van der Waals surface area contributed by atoms with Gasteiger partial charge < -0.3 is 9.67 Å². The van der Waals surface area contributed by atoms with Crippen molar-refractivity contribution < 1.29 is 5.11 Å². The highest BCUT2D eigenvalue weighted by Crippen LogP contribution is 2.34. The molecule has 4 nitrogen and oxygen atoms in total. The number of aromatic nitrogens is 2. The second-order valence-electron chi connectivity index (χ2n) is 5.37. The van der Waals surface area contributed by atoms with Crippen LogP contribution in [0.15, 0.2) is 12.4 Å². The average molecular weight is 223 g/mol. The molecule has 1 unspecified atom stereocenters. The van der Waals surface area contributed by atoms with Crippen molar-refractivity contribution in [1.29, 1.82) is 0 Å². The predicted molar refractivity (Wildman–Crippen MR) is 63.1 cm³/mol. The maximum absolute atomic E-state index is 10.3. The van der Waals surface area contributed by atoms with E-state index >= 15 is 0 Å². The van der Waals surface area contributed by atoms with E-state index in [1.165, 1.54) is 0 Å². The lowest BCUT2D eigenvalue weighted by Gasteiger charge is -2.44. The molecule has 0 aliphatic carbocycles. The minimum Gasteiger partial charge on any atom is -0.388 e. The molecule has 4 heteroatoms. The van der Waals surface area contributed by atoms with E-state index in [0.717, 1.165) is 18.9 Å². The van der Waals surface area contributed by atoms with Gasteiger partial charge in [0.1, 0.15) is 5.82 Å². The number of nitrogens with zero attached hydrogens (tertiary/aromatic N) is 3. The molecule has 1 aliphatic rings. The molecular formula is C12H21N3O. The van der Waals surface area contributed by atoms with E-state index in [1.807, 2.05) is 26.2 Å².